The van der Waals surface area contributed by atoms with E-state index in [-0.39, 0.29) is 12.1 Å². The van der Waals surface area contributed by atoms with Crippen molar-refractivity contribution in [3.63, 3.8) is 0 Å². The van der Waals surface area contributed by atoms with Crippen molar-refractivity contribution in [2.75, 3.05) is 13.7 Å². The van der Waals surface area contributed by atoms with Crippen molar-refractivity contribution < 1.29 is 14.3 Å². The summed E-state index contributed by atoms with van der Waals surface area (Å²) in [4.78, 5) is 10.8. The first-order valence-corrected chi connectivity index (χ1v) is 4.12. The minimum atomic E-state index is -0.303. The van der Waals surface area contributed by atoms with E-state index >= 15 is 0 Å². The van der Waals surface area contributed by atoms with Gasteiger partial charge in [0.25, 0.3) is 0 Å². The molecule has 68 valence electrons. The maximum atomic E-state index is 10.8. The molecule has 3 heteroatoms. The highest BCUT2D eigenvalue weighted by atomic mass is 16.5. The van der Waals surface area contributed by atoms with E-state index in [4.69, 9.17) is 4.74 Å². The third-order valence-electron chi connectivity index (χ3n) is 1.98. The first-order chi connectivity index (χ1) is 5.74. The van der Waals surface area contributed by atoms with Crippen LogP contribution >= 0.6 is 0 Å². The lowest BCUT2D eigenvalue weighted by Gasteiger charge is -2.08. The highest BCUT2D eigenvalue weighted by Crippen LogP contribution is 2.19. The van der Waals surface area contributed by atoms with Gasteiger partial charge in [-0.25, -0.2) is 4.79 Å². The van der Waals surface area contributed by atoms with E-state index in [0.29, 0.717) is 0 Å². The van der Waals surface area contributed by atoms with Crippen molar-refractivity contribution in [3.05, 3.63) is 11.6 Å². The van der Waals surface area contributed by atoms with Crippen LogP contribution in [0.25, 0.3) is 0 Å². The molecule has 1 atom stereocenters. The summed E-state index contributed by atoms with van der Waals surface area (Å²) < 4.78 is 9.89. The number of carbonyl (C=O) groups is 1. The van der Waals surface area contributed by atoms with E-state index in [1.54, 1.807) is 0 Å². The van der Waals surface area contributed by atoms with Crippen LogP contribution in [-0.4, -0.2) is 25.8 Å². The number of rotatable bonds is 2. The van der Waals surface area contributed by atoms with E-state index in [9.17, 15) is 4.79 Å². The van der Waals surface area contributed by atoms with Crippen molar-refractivity contribution in [2.45, 2.75) is 25.9 Å². The van der Waals surface area contributed by atoms with Crippen molar-refractivity contribution in [3.8, 4) is 0 Å². The number of esters is 1. The molecule has 1 unspecified atom stereocenters. The highest BCUT2D eigenvalue weighted by Gasteiger charge is 2.17. The van der Waals surface area contributed by atoms with Crippen molar-refractivity contribution in [1.29, 1.82) is 0 Å². The molecule has 0 saturated carbocycles. The summed E-state index contributed by atoms with van der Waals surface area (Å²) in [5.74, 6) is -0.303. The minimum Gasteiger partial charge on any atom is -0.466 e. The van der Waals surface area contributed by atoms with Crippen LogP contribution < -0.4 is 0 Å². The van der Waals surface area contributed by atoms with Gasteiger partial charge >= 0.3 is 5.97 Å². The Kier molecular flexibility index (Phi) is 3.29. The van der Waals surface area contributed by atoms with Gasteiger partial charge in [0.2, 0.25) is 0 Å². The number of ether oxygens (including phenoxy) is 2. The molecule has 0 bridgehead atoms. The molecule has 0 amide bonds. The highest BCUT2D eigenvalue weighted by molar-refractivity contribution is 5.82. The quantitative estimate of drug-likeness (QED) is 0.462. The van der Waals surface area contributed by atoms with Gasteiger partial charge < -0.3 is 9.47 Å². The van der Waals surface area contributed by atoms with Crippen molar-refractivity contribution in [2.24, 2.45) is 0 Å². The van der Waals surface area contributed by atoms with Gasteiger partial charge in [-0.15, -0.1) is 0 Å². The van der Waals surface area contributed by atoms with Crippen LogP contribution in [0.4, 0.5) is 0 Å². The summed E-state index contributed by atoms with van der Waals surface area (Å²) in [6.07, 6.45) is 3.72. The van der Waals surface area contributed by atoms with Crippen LogP contribution in [-0.2, 0) is 14.3 Å². The molecule has 12 heavy (non-hydrogen) atoms. The average molecular weight is 170 g/mol. The van der Waals surface area contributed by atoms with Gasteiger partial charge in [-0.1, -0.05) is 0 Å². The van der Waals surface area contributed by atoms with Crippen LogP contribution in [0, 0.1) is 0 Å². The lowest BCUT2D eigenvalue weighted by Crippen LogP contribution is -2.08. The number of carbonyl (C=O) groups excluding carboxylic acids is 1. The molecule has 0 aromatic heterocycles. The van der Waals surface area contributed by atoms with Crippen LogP contribution in [0.15, 0.2) is 11.6 Å². The first kappa shape index (κ1) is 9.26. The molecular weight excluding hydrogens is 156 g/mol. The largest absolute Gasteiger partial charge is 0.466 e. The van der Waals surface area contributed by atoms with Crippen LogP contribution in [0.5, 0.6) is 0 Å². The molecule has 0 radical (unpaired) electrons. The Morgan fingerprint density at radius 3 is 2.92 bits per heavy atom. The predicted molar refractivity (Wildman–Crippen MR) is 44.7 cm³/mol. The van der Waals surface area contributed by atoms with Crippen LogP contribution in [0.2, 0.25) is 0 Å². The summed E-state index contributed by atoms with van der Waals surface area (Å²) in [5.41, 5.74) is 0.958. The molecule has 0 aromatic carbocycles. The van der Waals surface area contributed by atoms with Crippen LogP contribution in [0.1, 0.15) is 19.8 Å². The van der Waals surface area contributed by atoms with Gasteiger partial charge in [0.05, 0.1) is 13.2 Å². The molecule has 0 spiro atoms. The van der Waals surface area contributed by atoms with Gasteiger partial charge in [0, 0.05) is 12.7 Å². The van der Waals surface area contributed by atoms with E-state index in [0.717, 1.165) is 25.0 Å². The fraction of sp³-hybridized carbons (Fsp3) is 0.667. The van der Waals surface area contributed by atoms with Gasteiger partial charge in [0.1, 0.15) is 0 Å². The Morgan fingerprint density at radius 1 is 1.67 bits per heavy atom. The number of hydrogen-bond acceptors (Lipinski definition) is 3. The molecule has 1 aliphatic rings. The van der Waals surface area contributed by atoms with Crippen molar-refractivity contribution >= 4 is 5.97 Å². The summed E-state index contributed by atoms with van der Waals surface area (Å²) >= 11 is 0. The third-order valence-corrected chi connectivity index (χ3v) is 1.98. The molecule has 3 nitrogen and oxygen atoms in total. The zero-order chi connectivity index (χ0) is 8.97. The fourth-order valence-electron chi connectivity index (χ4n) is 1.27. The molecule has 0 aromatic rings. The molecule has 1 aliphatic heterocycles. The molecular formula is C9H14O3. The Labute approximate surface area is 72.4 Å². The van der Waals surface area contributed by atoms with Gasteiger partial charge in [-0.2, -0.15) is 0 Å². The Morgan fingerprint density at radius 2 is 2.42 bits per heavy atom. The van der Waals surface area contributed by atoms with E-state index in [2.05, 4.69) is 4.74 Å². The van der Waals surface area contributed by atoms with Crippen molar-refractivity contribution in [1.82, 2.24) is 0 Å². The minimum absolute atomic E-state index is 0.129. The monoisotopic (exact) mass is 170 g/mol. The summed E-state index contributed by atoms with van der Waals surface area (Å²) in [5, 5.41) is 0. The topological polar surface area (TPSA) is 35.5 Å². The maximum Gasteiger partial charge on any atom is 0.330 e. The standard InChI is InChI=1S/C9H14O3/c1-7(6-9(10)11-2)8-4-3-5-12-8/h6,8H,3-5H2,1-2H3/b7-6-. The molecule has 0 N–H and O–H groups in total. The Balaban J connectivity index is 2.49. The van der Waals surface area contributed by atoms with E-state index in [1.165, 1.54) is 13.2 Å². The molecule has 1 fully saturated rings. The predicted octanol–water partition coefficient (Wildman–Crippen LogP) is 1.28. The number of methoxy groups -OCH3 is 1. The summed E-state index contributed by atoms with van der Waals surface area (Å²) in [6.45, 7) is 2.70. The SMILES string of the molecule is COC(=O)/C=C(/C)C1CCCO1. The normalized spacial score (nSPS) is 24.2. The second kappa shape index (κ2) is 4.26. The third kappa shape index (κ3) is 2.34. The first-order valence-electron chi connectivity index (χ1n) is 4.12. The molecule has 0 aliphatic carbocycles. The zero-order valence-electron chi connectivity index (χ0n) is 7.50. The van der Waals surface area contributed by atoms with E-state index < -0.39 is 0 Å². The lowest BCUT2D eigenvalue weighted by atomic mass is 10.1. The lowest BCUT2D eigenvalue weighted by molar-refractivity contribution is -0.134. The summed E-state index contributed by atoms with van der Waals surface area (Å²) in [7, 11) is 1.38. The molecule has 1 saturated heterocycles. The maximum absolute atomic E-state index is 10.8. The molecule has 1 heterocycles. The van der Waals surface area contributed by atoms with Gasteiger partial charge in [0.15, 0.2) is 0 Å². The average Bonchev–Trinajstić information content (AvgIpc) is 2.56. The Hall–Kier alpha value is -0.830. The smallest absolute Gasteiger partial charge is 0.330 e. The summed E-state index contributed by atoms with van der Waals surface area (Å²) in [6, 6.07) is 0. The fourth-order valence-corrected chi connectivity index (χ4v) is 1.27. The molecule has 1 rings (SSSR count). The second-order valence-electron chi connectivity index (χ2n) is 2.91. The number of hydrogen-bond donors (Lipinski definition) is 0. The van der Waals surface area contributed by atoms with Crippen LogP contribution in [0.3, 0.4) is 0 Å². The second-order valence-corrected chi connectivity index (χ2v) is 2.91. The van der Waals surface area contributed by atoms with Gasteiger partial charge in [-0.05, 0) is 25.3 Å². The van der Waals surface area contributed by atoms with E-state index in [1.807, 2.05) is 6.92 Å². The van der Waals surface area contributed by atoms with Gasteiger partial charge in [-0.3, -0.25) is 0 Å². The Bertz CT molecular complexity index is 190. The zero-order valence-corrected chi connectivity index (χ0v) is 7.50.